The molecule has 2 nitrogen and oxygen atoms in total. The Morgan fingerprint density at radius 1 is 0.650 bits per heavy atom. The zero-order chi connectivity index (χ0) is 14.5. The van der Waals surface area contributed by atoms with E-state index in [2.05, 4.69) is 11.8 Å². The molecule has 2 aromatic rings. The van der Waals surface area contributed by atoms with Gasteiger partial charge in [0.1, 0.15) is 0 Å². The predicted molar refractivity (Wildman–Crippen MR) is 82.6 cm³/mol. The van der Waals surface area contributed by atoms with E-state index in [9.17, 15) is 0 Å². The van der Waals surface area contributed by atoms with Crippen LogP contribution in [0.1, 0.15) is 34.3 Å². The highest BCUT2D eigenvalue weighted by Gasteiger charge is 2.17. The number of hydrogen-bond acceptors (Lipinski definition) is 2. The molecule has 0 aromatic heterocycles. The summed E-state index contributed by atoms with van der Waals surface area (Å²) in [6, 6.07) is 14.5. The maximum Gasteiger partial charge on any atom is 0.0491 e. The van der Waals surface area contributed by atoms with Gasteiger partial charge < -0.3 is 11.5 Å². The largest absolute Gasteiger partial charge is 0.322 e. The van der Waals surface area contributed by atoms with Gasteiger partial charge in [-0.3, -0.25) is 0 Å². The first-order chi connectivity index (χ1) is 9.65. The molecule has 2 heteroatoms. The van der Waals surface area contributed by atoms with E-state index in [1.165, 1.54) is 0 Å². The maximum absolute atomic E-state index is 6.22. The lowest BCUT2D eigenvalue weighted by atomic mass is 9.94. The van der Waals surface area contributed by atoms with Crippen molar-refractivity contribution < 1.29 is 0 Å². The molecule has 4 N–H and O–H groups in total. The second-order valence-corrected chi connectivity index (χ2v) is 4.58. The van der Waals surface area contributed by atoms with E-state index in [0.717, 1.165) is 22.3 Å². The molecule has 0 aliphatic rings. The minimum atomic E-state index is -0.293. The summed E-state index contributed by atoms with van der Waals surface area (Å²) < 4.78 is 0. The average molecular weight is 260 g/mol. The molecule has 0 fully saturated rings. The molecule has 2 aromatic carbocycles. The second kappa shape index (κ2) is 6.08. The molecular weight excluding hydrogens is 244 g/mol. The highest BCUT2D eigenvalue weighted by atomic mass is 14.8. The van der Waals surface area contributed by atoms with Gasteiger partial charge in [0.15, 0.2) is 0 Å². The summed E-state index contributed by atoms with van der Waals surface area (Å²) in [4.78, 5) is 0. The van der Waals surface area contributed by atoms with Gasteiger partial charge >= 0.3 is 0 Å². The van der Waals surface area contributed by atoms with Crippen molar-refractivity contribution >= 4 is 0 Å². The van der Waals surface area contributed by atoms with Crippen molar-refractivity contribution in [2.45, 2.75) is 12.1 Å². The molecule has 0 heterocycles. The highest BCUT2D eigenvalue weighted by molar-refractivity contribution is 5.38. The van der Waals surface area contributed by atoms with E-state index < -0.39 is 0 Å². The summed E-state index contributed by atoms with van der Waals surface area (Å²) in [6.45, 7) is 0. The number of hydrogen-bond donors (Lipinski definition) is 2. The standard InChI is InChI=1S/C18H16N2/c1-3-13-5-9-15(10-6-13)17(19)18(20)16-11-7-14(4-2)8-12-16/h1-2,5-12,17-18H,19-20H2/t17-,18+. The van der Waals surface area contributed by atoms with Crippen LogP contribution in [0, 0.1) is 24.7 Å². The van der Waals surface area contributed by atoms with Gasteiger partial charge in [-0.2, -0.15) is 0 Å². The van der Waals surface area contributed by atoms with Crippen LogP contribution in [-0.2, 0) is 0 Å². The van der Waals surface area contributed by atoms with Crippen LogP contribution in [0.25, 0.3) is 0 Å². The smallest absolute Gasteiger partial charge is 0.0491 e. The number of terminal acetylenes is 2. The monoisotopic (exact) mass is 260 g/mol. The van der Waals surface area contributed by atoms with Crippen molar-refractivity contribution in [1.82, 2.24) is 0 Å². The van der Waals surface area contributed by atoms with Crippen LogP contribution in [-0.4, -0.2) is 0 Å². The van der Waals surface area contributed by atoms with Crippen LogP contribution in [0.3, 0.4) is 0 Å². The molecule has 0 unspecified atom stereocenters. The Kier molecular flexibility index (Phi) is 4.23. The molecule has 98 valence electrons. The summed E-state index contributed by atoms with van der Waals surface area (Å²) in [5, 5.41) is 0. The first kappa shape index (κ1) is 13.9. The van der Waals surface area contributed by atoms with Crippen LogP contribution in [0.15, 0.2) is 48.5 Å². The molecule has 0 saturated heterocycles. The minimum absolute atomic E-state index is 0.293. The summed E-state index contributed by atoms with van der Waals surface area (Å²) in [6.07, 6.45) is 10.7. The lowest BCUT2D eigenvalue weighted by Gasteiger charge is -2.21. The molecule has 20 heavy (non-hydrogen) atoms. The van der Waals surface area contributed by atoms with Gasteiger partial charge in [0.05, 0.1) is 0 Å². The fourth-order valence-corrected chi connectivity index (χ4v) is 2.02. The zero-order valence-corrected chi connectivity index (χ0v) is 11.1. The van der Waals surface area contributed by atoms with Gasteiger partial charge in [-0.15, -0.1) is 12.8 Å². The first-order valence-corrected chi connectivity index (χ1v) is 6.30. The highest BCUT2D eigenvalue weighted by Crippen LogP contribution is 2.25. The maximum atomic E-state index is 6.22. The first-order valence-electron chi connectivity index (χ1n) is 6.30. The van der Waals surface area contributed by atoms with E-state index in [-0.39, 0.29) is 12.1 Å². The Bertz CT molecular complexity index is 593. The van der Waals surface area contributed by atoms with Crippen molar-refractivity contribution in [3.63, 3.8) is 0 Å². The Morgan fingerprint density at radius 2 is 0.950 bits per heavy atom. The molecular formula is C18H16N2. The summed E-state index contributed by atoms with van der Waals surface area (Å²) in [5.74, 6) is 5.15. The number of benzene rings is 2. The lowest BCUT2D eigenvalue weighted by Crippen LogP contribution is -2.26. The molecule has 2 atom stereocenters. The normalized spacial score (nSPS) is 13.0. The Labute approximate surface area is 119 Å². The van der Waals surface area contributed by atoms with Crippen LogP contribution >= 0.6 is 0 Å². The van der Waals surface area contributed by atoms with Gasteiger partial charge in [-0.05, 0) is 35.4 Å². The molecule has 0 spiro atoms. The van der Waals surface area contributed by atoms with Crippen molar-refractivity contribution in [2.24, 2.45) is 11.5 Å². The Morgan fingerprint density at radius 3 is 1.20 bits per heavy atom. The second-order valence-electron chi connectivity index (χ2n) is 4.58. The van der Waals surface area contributed by atoms with E-state index in [0.29, 0.717) is 0 Å². The average Bonchev–Trinajstić information content (AvgIpc) is 2.53. The fourth-order valence-electron chi connectivity index (χ4n) is 2.02. The molecule has 0 radical (unpaired) electrons. The van der Waals surface area contributed by atoms with Crippen LogP contribution in [0.4, 0.5) is 0 Å². The predicted octanol–water partition coefficient (Wildman–Crippen LogP) is 2.35. The third-order valence-corrected chi connectivity index (χ3v) is 3.31. The van der Waals surface area contributed by atoms with E-state index in [1.54, 1.807) is 0 Å². The minimum Gasteiger partial charge on any atom is -0.322 e. The van der Waals surface area contributed by atoms with E-state index in [4.69, 9.17) is 24.3 Å². The summed E-state index contributed by atoms with van der Waals surface area (Å²) in [5.41, 5.74) is 16.0. The van der Waals surface area contributed by atoms with Gasteiger partial charge in [0.25, 0.3) is 0 Å². The molecule has 2 rings (SSSR count). The summed E-state index contributed by atoms with van der Waals surface area (Å²) >= 11 is 0. The SMILES string of the molecule is C#Cc1ccc([C@@H](N)[C@@H](N)c2ccc(C#C)cc2)cc1. The quantitative estimate of drug-likeness (QED) is 0.832. The summed E-state index contributed by atoms with van der Waals surface area (Å²) in [7, 11) is 0. The van der Waals surface area contributed by atoms with E-state index in [1.807, 2.05) is 48.5 Å². The van der Waals surface area contributed by atoms with Crippen LogP contribution in [0.2, 0.25) is 0 Å². The Balaban J connectivity index is 2.20. The van der Waals surface area contributed by atoms with Crippen LogP contribution in [0.5, 0.6) is 0 Å². The topological polar surface area (TPSA) is 52.0 Å². The zero-order valence-electron chi connectivity index (χ0n) is 11.1. The van der Waals surface area contributed by atoms with Crippen molar-refractivity contribution in [1.29, 1.82) is 0 Å². The third kappa shape index (κ3) is 2.90. The van der Waals surface area contributed by atoms with Crippen molar-refractivity contribution in [3.05, 3.63) is 70.8 Å². The Hall–Kier alpha value is -2.52. The van der Waals surface area contributed by atoms with E-state index >= 15 is 0 Å². The van der Waals surface area contributed by atoms with Gasteiger partial charge in [-0.1, -0.05) is 36.1 Å². The van der Waals surface area contributed by atoms with Gasteiger partial charge in [0.2, 0.25) is 0 Å². The molecule has 0 aliphatic heterocycles. The molecule has 0 saturated carbocycles. The number of nitrogens with two attached hydrogens (primary N) is 2. The fraction of sp³-hybridized carbons (Fsp3) is 0.111. The van der Waals surface area contributed by atoms with Gasteiger partial charge in [0, 0.05) is 23.2 Å². The number of rotatable bonds is 3. The third-order valence-electron chi connectivity index (χ3n) is 3.31. The van der Waals surface area contributed by atoms with Crippen molar-refractivity contribution in [2.75, 3.05) is 0 Å². The molecule has 0 aliphatic carbocycles. The molecule has 0 amide bonds. The lowest BCUT2D eigenvalue weighted by molar-refractivity contribution is 0.574. The van der Waals surface area contributed by atoms with Gasteiger partial charge in [-0.25, -0.2) is 0 Å². The molecule has 0 bridgehead atoms. The van der Waals surface area contributed by atoms with Crippen molar-refractivity contribution in [3.8, 4) is 24.7 Å². The van der Waals surface area contributed by atoms with Crippen LogP contribution < -0.4 is 11.5 Å².